The van der Waals surface area contributed by atoms with Crippen molar-refractivity contribution in [1.29, 1.82) is 0 Å². The third-order valence-electron chi connectivity index (χ3n) is 2.93. The molecule has 2 N–H and O–H groups in total. The van der Waals surface area contributed by atoms with Crippen molar-refractivity contribution in [3.8, 4) is 5.75 Å². The number of sulfone groups is 1. The Hall–Kier alpha value is -1.27. The molecule has 0 saturated carbocycles. The van der Waals surface area contributed by atoms with Gasteiger partial charge in [-0.15, -0.1) is 0 Å². The number of hydrogen-bond donors (Lipinski definition) is 1. The molecular formula is C12H18N2O3S. The van der Waals surface area contributed by atoms with E-state index in [1.54, 1.807) is 0 Å². The molecule has 0 amide bonds. The quantitative estimate of drug-likeness (QED) is 0.849. The summed E-state index contributed by atoms with van der Waals surface area (Å²) in [5.74, 6) is 1.18. The molecule has 0 atom stereocenters. The van der Waals surface area contributed by atoms with E-state index in [-0.39, 0.29) is 11.5 Å². The first-order valence-corrected chi connectivity index (χ1v) is 7.82. The Balaban J connectivity index is 2.13. The Labute approximate surface area is 107 Å². The maximum atomic E-state index is 11.4. The highest BCUT2D eigenvalue weighted by molar-refractivity contribution is 7.91. The lowest BCUT2D eigenvalue weighted by Crippen LogP contribution is -2.40. The molecule has 1 heterocycles. The van der Waals surface area contributed by atoms with Crippen molar-refractivity contribution < 1.29 is 13.2 Å². The molecule has 0 aliphatic carbocycles. The van der Waals surface area contributed by atoms with Gasteiger partial charge >= 0.3 is 0 Å². The molecule has 6 heteroatoms. The summed E-state index contributed by atoms with van der Waals surface area (Å²) >= 11 is 0. The number of ether oxygens (including phenoxy) is 1. The van der Waals surface area contributed by atoms with E-state index < -0.39 is 9.84 Å². The van der Waals surface area contributed by atoms with Gasteiger partial charge in [0.05, 0.1) is 17.2 Å². The highest BCUT2D eigenvalue weighted by atomic mass is 32.2. The van der Waals surface area contributed by atoms with Crippen LogP contribution in [0.25, 0.3) is 0 Å². The molecule has 0 radical (unpaired) electrons. The topological polar surface area (TPSA) is 72.6 Å². The van der Waals surface area contributed by atoms with E-state index in [0.717, 1.165) is 11.4 Å². The molecule has 1 saturated heterocycles. The van der Waals surface area contributed by atoms with Crippen LogP contribution in [0.4, 0.5) is 5.69 Å². The zero-order chi connectivity index (χ0) is 13.0. The highest BCUT2D eigenvalue weighted by Gasteiger charge is 2.23. The second kappa shape index (κ2) is 5.58. The zero-order valence-electron chi connectivity index (χ0n) is 10.2. The lowest BCUT2D eigenvalue weighted by Gasteiger charge is -2.30. The normalized spacial score (nSPS) is 18.6. The van der Waals surface area contributed by atoms with E-state index in [1.165, 1.54) is 0 Å². The molecule has 1 fully saturated rings. The third-order valence-corrected chi connectivity index (χ3v) is 4.53. The fourth-order valence-electron chi connectivity index (χ4n) is 1.96. The van der Waals surface area contributed by atoms with Crippen LogP contribution in [0.1, 0.15) is 0 Å². The predicted octanol–water partition coefficient (Wildman–Crippen LogP) is 0.259. The summed E-state index contributed by atoms with van der Waals surface area (Å²) in [6.07, 6.45) is 0. The second-order valence-corrected chi connectivity index (χ2v) is 6.55. The van der Waals surface area contributed by atoms with Gasteiger partial charge in [0.1, 0.15) is 12.4 Å². The Bertz CT molecular complexity index is 488. The van der Waals surface area contributed by atoms with Crippen molar-refractivity contribution in [2.45, 2.75) is 0 Å². The van der Waals surface area contributed by atoms with E-state index in [4.69, 9.17) is 10.5 Å². The first-order chi connectivity index (χ1) is 8.62. The van der Waals surface area contributed by atoms with Gasteiger partial charge in [-0.05, 0) is 12.1 Å². The monoisotopic (exact) mass is 270 g/mol. The van der Waals surface area contributed by atoms with Gasteiger partial charge in [0, 0.05) is 19.6 Å². The molecule has 0 aromatic heterocycles. The van der Waals surface area contributed by atoms with Crippen LogP contribution in [0.2, 0.25) is 0 Å². The highest BCUT2D eigenvalue weighted by Crippen LogP contribution is 2.28. The van der Waals surface area contributed by atoms with E-state index in [0.29, 0.717) is 26.2 Å². The van der Waals surface area contributed by atoms with Crippen molar-refractivity contribution in [1.82, 2.24) is 0 Å². The lowest BCUT2D eigenvalue weighted by atomic mass is 10.2. The number of para-hydroxylation sites is 2. The Morgan fingerprint density at radius 2 is 1.89 bits per heavy atom. The Kier molecular flexibility index (Phi) is 4.08. The minimum Gasteiger partial charge on any atom is -0.490 e. The van der Waals surface area contributed by atoms with Gasteiger partial charge in [-0.1, -0.05) is 12.1 Å². The molecule has 1 aliphatic rings. The average Bonchev–Trinajstić information content (AvgIpc) is 2.37. The number of benzene rings is 1. The standard InChI is InChI=1S/C12H18N2O3S/c13-5-8-17-12-4-2-1-3-11(12)14-6-9-18(15,16)10-7-14/h1-4H,5-10,13H2. The number of nitrogens with zero attached hydrogens (tertiary/aromatic N) is 1. The van der Waals surface area contributed by atoms with Crippen molar-refractivity contribution in [3.63, 3.8) is 0 Å². The van der Waals surface area contributed by atoms with Gasteiger partial charge in [-0.2, -0.15) is 0 Å². The van der Waals surface area contributed by atoms with Crippen molar-refractivity contribution in [2.75, 3.05) is 42.6 Å². The van der Waals surface area contributed by atoms with Gasteiger partial charge in [0.25, 0.3) is 0 Å². The van der Waals surface area contributed by atoms with Crippen LogP contribution in [-0.4, -0.2) is 46.2 Å². The summed E-state index contributed by atoms with van der Waals surface area (Å²) in [6, 6.07) is 7.65. The molecule has 1 aromatic rings. The summed E-state index contributed by atoms with van der Waals surface area (Å²) in [4.78, 5) is 2.05. The van der Waals surface area contributed by atoms with Crippen LogP contribution >= 0.6 is 0 Å². The fourth-order valence-corrected chi connectivity index (χ4v) is 3.16. The molecular weight excluding hydrogens is 252 g/mol. The van der Waals surface area contributed by atoms with Gasteiger partial charge in [-0.3, -0.25) is 0 Å². The summed E-state index contributed by atoms with van der Waals surface area (Å²) in [7, 11) is -2.86. The van der Waals surface area contributed by atoms with E-state index in [9.17, 15) is 8.42 Å². The first kappa shape index (κ1) is 13.2. The lowest BCUT2D eigenvalue weighted by molar-refractivity contribution is 0.328. The van der Waals surface area contributed by atoms with E-state index in [2.05, 4.69) is 0 Å². The summed E-state index contributed by atoms with van der Waals surface area (Å²) in [6.45, 7) is 1.96. The van der Waals surface area contributed by atoms with Gasteiger partial charge in [0.2, 0.25) is 0 Å². The molecule has 5 nitrogen and oxygen atoms in total. The molecule has 0 spiro atoms. The van der Waals surface area contributed by atoms with Crippen LogP contribution in [0, 0.1) is 0 Å². The maximum absolute atomic E-state index is 11.4. The summed E-state index contributed by atoms with van der Waals surface area (Å²) < 4.78 is 28.4. The van der Waals surface area contributed by atoms with Crippen LogP contribution in [0.3, 0.4) is 0 Å². The largest absolute Gasteiger partial charge is 0.490 e. The number of anilines is 1. The smallest absolute Gasteiger partial charge is 0.153 e. The Morgan fingerprint density at radius 1 is 1.22 bits per heavy atom. The van der Waals surface area contributed by atoms with Crippen molar-refractivity contribution in [2.24, 2.45) is 5.73 Å². The van der Waals surface area contributed by atoms with Crippen LogP contribution in [0.5, 0.6) is 5.75 Å². The summed E-state index contributed by atoms with van der Waals surface area (Å²) in [5, 5.41) is 0. The second-order valence-electron chi connectivity index (χ2n) is 4.24. The van der Waals surface area contributed by atoms with Gasteiger partial charge < -0.3 is 15.4 Å². The van der Waals surface area contributed by atoms with E-state index in [1.807, 2.05) is 29.2 Å². The van der Waals surface area contributed by atoms with Crippen LogP contribution in [0.15, 0.2) is 24.3 Å². The van der Waals surface area contributed by atoms with Gasteiger partial charge in [-0.25, -0.2) is 8.42 Å². The number of hydrogen-bond acceptors (Lipinski definition) is 5. The Morgan fingerprint density at radius 3 is 2.56 bits per heavy atom. The number of nitrogens with two attached hydrogens (primary N) is 1. The SMILES string of the molecule is NCCOc1ccccc1N1CCS(=O)(=O)CC1. The predicted molar refractivity (Wildman–Crippen MR) is 71.9 cm³/mol. The maximum Gasteiger partial charge on any atom is 0.153 e. The minimum absolute atomic E-state index is 0.207. The van der Waals surface area contributed by atoms with E-state index >= 15 is 0 Å². The third kappa shape index (κ3) is 3.14. The average molecular weight is 270 g/mol. The molecule has 1 aromatic carbocycles. The molecule has 1 aliphatic heterocycles. The molecule has 2 rings (SSSR count). The van der Waals surface area contributed by atoms with Crippen molar-refractivity contribution >= 4 is 15.5 Å². The van der Waals surface area contributed by atoms with Gasteiger partial charge in [0.15, 0.2) is 9.84 Å². The minimum atomic E-state index is -2.86. The molecule has 0 unspecified atom stereocenters. The molecule has 100 valence electrons. The molecule has 0 bridgehead atoms. The summed E-state index contributed by atoms with van der Waals surface area (Å²) in [5.41, 5.74) is 6.37. The first-order valence-electron chi connectivity index (χ1n) is 6.00. The number of rotatable bonds is 4. The zero-order valence-corrected chi connectivity index (χ0v) is 11.0. The van der Waals surface area contributed by atoms with Crippen LogP contribution < -0.4 is 15.4 Å². The molecule has 18 heavy (non-hydrogen) atoms. The fraction of sp³-hybridized carbons (Fsp3) is 0.500. The van der Waals surface area contributed by atoms with Crippen LogP contribution in [-0.2, 0) is 9.84 Å². The van der Waals surface area contributed by atoms with Crippen molar-refractivity contribution in [3.05, 3.63) is 24.3 Å².